The third-order valence-corrected chi connectivity index (χ3v) is 6.37. The minimum atomic E-state index is -3.28. The second-order valence-corrected chi connectivity index (χ2v) is 9.26. The lowest BCUT2D eigenvalue weighted by Gasteiger charge is -2.16. The molecule has 1 aromatic rings. The van der Waals surface area contributed by atoms with Gasteiger partial charge in [0.05, 0.1) is 16.7 Å². The van der Waals surface area contributed by atoms with E-state index in [1.807, 2.05) is 0 Å². The Hall–Kier alpha value is -2.04. The summed E-state index contributed by atoms with van der Waals surface area (Å²) in [5.41, 5.74) is 0.510. The molecule has 26 heavy (non-hydrogen) atoms. The van der Waals surface area contributed by atoms with Crippen LogP contribution < -0.4 is 5.32 Å². The van der Waals surface area contributed by atoms with Crippen molar-refractivity contribution in [2.45, 2.75) is 6.04 Å². The molecule has 1 fully saturated rings. The van der Waals surface area contributed by atoms with Crippen LogP contribution >= 0.6 is 24.0 Å². The highest BCUT2D eigenvalue weighted by Crippen LogP contribution is 2.32. The number of hydrogen-bond acceptors (Lipinski definition) is 6. The highest BCUT2D eigenvalue weighted by atomic mass is 32.2. The number of carbonyl (C=O) groups is 2. The highest BCUT2D eigenvalue weighted by Gasteiger charge is 2.34. The molecular formula is C16H13FN2O4S3. The van der Waals surface area contributed by atoms with Gasteiger partial charge in [-0.15, -0.1) is 0 Å². The van der Waals surface area contributed by atoms with Crippen molar-refractivity contribution in [1.29, 1.82) is 0 Å². The van der Waals surface area contributed by atoms with Crippen LogP contribution in [0.3, 0.4) is 0 Å². The first kappa shape index (κ1) is 18.7. The molecular weight excluding hydrogens is 399 g/mol. The Bertz CT molecular complexity index is 956. The maximum absolute atomic E-state index is 13.3. The first-order chi connectivity index (χ1) is 12.2. The largest absolute Gasteiger partial charge is 0.347 e. The van der Waals surface area contributed by atoms with Crippen LogP contribution in [0, 0.1) is 5.82 Å². The zero-order valence-electron chi connectivity index (χ0n) is 13.2. The molecule has 3 rings (SSSR count). The lowest BCUT2D eigenvalue weighted by atomic mass is 10.2. The molecule has 10 heteroatoms. The summed E-state index contributed by atoms with van der Waals surface area (Å²) in [4.78, 5) is 26.0. The van der Waals surface area contributed by atoms with Crippen molar-refractivity contribution in [3.05, 3.63) is 52.0 Å². The van der Waals surface area contributed by atoms with Crippen molar-refractivity contribution in [2.75, 3.05) is 12.3 Å². The SMILES string of the molecule is O=C(CN1C(=O)/C(=C\c2cccc(F)c2)SC1=S)NC1C=CS(=O)(=O)C1. The lowest BCUT2D eigenvalue weighted by molar-refractivity contribution is -0.128. The van der Waals surface area contributed by atoms with E-state index in [-0.39, 0.29) is 21.5 Å². The van der Waals surface area contributed by atoms with Crippen molar-refractivity contribution >= 4 is 56.0 Å². The van der Waals surface area contributed by atoms with Crippen LogP contribution in [0.25, 0.3) is 6.08 Å². The Labute approximate surface area is 159 Å². The van der Waals surface area contributed by atoms with Gasteiger partial charge in [-0.1, -0.05) is 36.1 Å². The van der Waals surface area contributed by atoms with E-state index in [0.29, 0.717) is 5.56 Å². The van der Waals surface area contributed by atoms with Gasteiger partial charge >= 0.3 is 0 Å². The lowest BCUT2D eigenvalue weighted by Crippen LogP contribution is -2.43. The van der Waals surface area contributed by atoms with Crippen LogP contribution in [0.15, 0.2) is 40.7 Å². The zero-order chi connectivity index (χ0) is 18.9. The first-order valence-corrected chi connectivity index (χ1v) is 10.4. The number of sulfone groups is 1. The normalized spacial score (nSPS) is 23.0. The van der Waals surface area contributed by atoms with Gasteiger partial charge in [0.15, 0.2) is 9.84 Å². The van der Waals surface area contributed by atoms with E-state index in [4.69, 9.17) is 12.2 Å². The van der Waals surface area contributed by atoms with E-state index < -0.39 is 33.5 Å². The third-order valence-electron chi connectivity index (χ3n) is 3.60. The van der Waals surface area contributed by atoms with Gasteiger partial charge in [0.25, 0.3) is 5.91 Å². The average Bonchev–Trinajstić information content (AvgIpc) is 3.01. The van der Waals surface area contributed by atoms with E-state index in [1.165, 1.54) is 30.4 Å². The number of thiocarbonyl (C=S) groups is 1. The maximum Gasteiger partial charge on any atom is 0.266 e. The molecule has 0 aliphatic carbocycles. The smallest absolute Gasteiger partial charge is 0.266 e. The topological polar surface area (TPSA) is 83.6 Å². The predicted octanol–water partition coefficient (Wildman–Crippen LogP) is 1.45. The second kappa shape index (κ2) is 7.29. The number of thioether (sulfide) groups is 1. The molecule has 2 aliphatic rings. The number of amides is 2. The number of nitrogens with zero attached hydrogens (tertiary/aromatic N) is 1. The average molecular weight is 412 g/mol. The van der Waals surface area contributed by atoms with Gasteiger partial charge in [-0.2, -0.15) is 0 Å². The summed E-state index contributed by atoms with van der Waals surface area (Å²) < 4.78 is 36.2. The molecule has 0 spiro atoms. The fraction of sp³-hybridized carbons (Fsp3) is 0.188. The number of hydrogen-bond donors (Lipinski definition) is 1. The molecule has 0 radical (unpaired) electrons. The monoisotopic (exact) mass is 412 g/mol. The Kier molecular flexibility index (Phi) is 5.26. The number of nitrogens with one attached hydrogen (secondary N) is 1. The third kappa shape index (κ3) is 4.37. The van der Waals surface area contributed by atoms with Gasteiger partial charge in [-0.25, -0.2) is 12.8 Å². The summed E-state index contributed by atoms with van der Waals surface area (Å²) in [5, 5.41) is 3.59. The second-order valence-electron chi connectivity index (χ2n) is 5.65. The Morgan fingerprint density at radius 2 is 2.23 bits per heavy atom. The Morgan fingerprint density at radius 1 is 1.46 bits per heavy atom. The van der Waals surface area contributed by atoms with Crippen LogP contribution in [-0.4, -0.2) is 47.8 Å². The molecule has 136 valence electrons. The fourth-order valence-corrected chi connectivity index (χ4v) is 4.94. The van der Waals surface area contributed by atoms with Gasteiger partial charge < -0.3 is 5.32 Å². The standard InChI is InChI=1S/C16H13FN2O4S3/c17-11-3-1-2-10(6-11)7-13-15(21)19(16(24)25-13)8-14(20)18-12-4-5-26(22,23)9-12/h1-7,12H,8-9H2,(H,18,20)/b13-7+. The molecule has 1 N–H and O–H groups in total. The van der Waals surface area contributed by atoms with Gasteiger partial charge in [-0.05, 0) is 29.8 Å². The van der Waals surface area contributed by atoms with Crippen LogP contribution in [-0.2, 0) is 19.4 Å². The van der Waals surface area contributed by atoms with Crippen molar-refractivity contribution in [3.63, 3.8) is 0 Å². The maximum atomic E-state index is 13.3. The molecule has 1 unspecified atom stereocenters. The fourth-order valence-electron chi connectivity index (χ4n) is 2.45. The minimum absolute atomic E-state index is 0.198. The van der Waals surface area contributed by atoms with E-state index in [0.717, 1.165) is 22.1 Å². The zero-order valence-corrected chi connectivity index (χ0v) is 15.7. The van der Waals surface area contributed by atoms with Crippen LogP contribution in [0.4, 0.5) is 4.39 Å². The number of carbonyl (C=O) groups excluding carboxylic acids is 2. The summed E-state index contributed by atoms with van der Waals surface area (Å²) >= 11 is 6.16. The molecule has 1 saturated heterocycles. The van der Waals surface area contributed by atoms with E-state index in [1.54, 1.807) is 6.07 Å². The van der Waals surface area contributed by atoms with Gasteiger partial charge in [0.1, 0.15) is 16.7 Å². The number of halogens is 1. The quantitative estimate of drug-likeness (QED) is 0.595. The molecule has 1 atom stereocenters. The molecule has 1 aromatic carbocycles. The first-order valence-electron chi connectivity index (χ1n) is 7.45. The molecule has 6 nitrogen and oxygen atoms in total. The van der Waals surface area contributed by atoms with Gasteiger partial charge in [0, 0.05) is 5.41 Å². The minimum Gasteiger partial charge on any atom is -0.347 e. The van der Waals surface area contributed by atoms with Crippen molar-refractivity contribution in [3.8, 4) is 0 Å². The Balaban J connectivity index is 1.66. The summed E-state index contributed by atoms with van der Waals surface area (Å²) in [6.45, 7) is -0.310. The van der Waals surface area contributed by atoms with Crippen molar-refractivity contribution in [2.24, 2.45) is 0 Å². The van der Waals surface area contributed by atoms with Crippen LogP contribution in [0.2, 0.25) is 0 Å². The van der Waals surface area contributed by atoms with Gasteiger partial charge in [0.2, 0.25) is 5.91 Å². The van der Waals surface area contributed by atoms with E-state index >= 15 is 0 Å². The molecule has 2 amide bonds. The molecule has 2 heterocycles. The molecule has 0 bridgehead atoms. The van der Waals surface area contributed by atoms with Crippen LogP contribution in [0.1, 0.15) is 5.56 Å². The number of rotatable bonds is 4. The molecule has 0 aromatic heterocycles. The van der Waals surface area contributed by atoms with E-state index in [9.17, 15) is 22.4 Å². The molecule has 0 saturated carbocycles. The van der Waals surface area contributed by atoms with Crippen molar-refractivity contribution in [1.82, 2.24) is 10.2 Å². The summed E-state index contributed by atoms with van der Waals surface area (Å²) in [6.07, 6.45) is 2.90. The Morgan fingerprint density at radius 3 is 2.88 bits per heavy atom. The van der Waals surface area contributed by atoms with Gasteiger partial charge in [-0.3, -0.25) is 14.5 Å². The van der Waals surface area contributed by atoms with Crippen molar-refractivity contribution < 1.29 is 22.4 Å². The highest BCUT2D eigenvalue weighted by molar-refractivity contribution is 8.26. The predicted molar refractivity (Wildman–Crippen MR) is 101 cm³/mol. The number of benzene rings is 1. The van der Waals surface area contributed by atoms with Crippen LogP contribution in [0.5, 0.6) is 0 Å². The summed E-state index contributed by atoms with van der Waals surface area (Å²) in [5.74, 6) is -1.58. The van der Waals surface area contributed by atoms with E-state index in [2.05, 4.69) is 5.32 Å². The summed E-state index contributed by atoms with van der Waals surface area (Å²) in [6, 6.07) is 5.14. The molecule has 2 aliphatic heterocycles. The summed E-state index contributed by atoms with van der Waals surface area (Å²) in [7, 11) is -3.28.